The van der Waals surface area contributed by atoms with Crippen LogP contribution in [0.5, 0.6) is 5.75 Å². The highest BCUT2D eigenvalue weighted by Gasteiger charge is 2.26. The zero-order valence-electron chi connectivity index (χ0n) is 10.4. The number of methoxy groups -OCH3 is 1. The average Bonchev–Trinajstić information content (AvgIpc) is 2.37. The van der Waals surface area contributed by atoms with E-state index >= 15 is 0 Å². The van der Waals surface area contributed by atoms with Crippen molar-refractivity contribution in [3.8, 4) is 5.75 Å². The van der Waals surface area contributed by atoms with Crippen LogP contribution in [0.1, 0.15) is 25.5 Å². The Labute approximate surface area is 103 Å². The van der Waals surface area contributed by atoms with Gasteiger partial charge in [0.15, 0.2) is 9.84 Å². The molecule has 0 aromatic heterocycles. The molecule has 2 atom stereocenters. The molecule has 5 heteroatoms. The molecule has 0 amide bonds. The summed E-state index contributed by atoms with van der Waals surface area (Å²) in [6.07, 6.45) is 0. The lowest BCUT2D eigenvalue weighted by molar-refractivity contribution is 0.414. The first kappa shape index (κ1) is 14.0. The molecule has 0 radical (unpaired) electrons. The van der Waals surface area contributed by atoms with Crippen molar-refractivity contribution in [2.75, 3.05) is 12.9 Å². The van der Waals surface area contributed by atoms with Crippen LogP contribution in [0, 0.1) is 0 Å². The van der Waals surface area contributed by atoms with E-state index in [2.05, 4.69) is 0 Å². The van der Waals surface area contributed by atoms with Gasteiger partial charge in [-0.05, 0) is 24.6 Å². The Kier molecular flexibility index (Phi) is 4.54. The second-order valence-corrected chi connectivity index (χ2v) is 6.60. The van der Waals surface area contributed by atoms with E-state index in [4.69, 9.17) is 10.5 Å². The Morgan fingerprint density at radius 2 is 1.82 bits per heavy atom. The molecular weight excluding hydrogens is 238 g/mol. The molecule has 0 aliphatic heterocycles. The smallest absolute Gasteiger partial charge is 0.154 e. The lowest BCUT2D eigenvalue weighted by Gasteiger charge is -2.20. The van der Waals surface area contributed by atoms with E-state index in [-0.39, 0.29) is 5.75 Å². The molecule has 0 spiro atoms. The van der Waals surface area contributed by atoms with E-state index in [0.717, 1.165) is 11.3 Å². The van der Waals surface area contributed by atoms with Crippen molar-refractivity contribution in [3.63, 3.8) is 0 Å². The third-order valence-electron chi connectivity index (χ3n) is 2.98. The van der Waals surface area contributed by atoms with Gasteiger partial charge in [0.1, 0.15) is 5.75 Å². The van der Waals surface area contributed by atoms with Gasteiger partial charge in [0, 0.05) is 11.8 Å². The average molecular weight is 257 g/mol. The van der Waals surface area contributed by atoms with E-state index < -0.39 is 21.1 Å². The fourth-order valence-corrected chi connectivity index (χ4v) is 2.71. The van der Waals surface area contributed by atoms with Crippen LogP contribution >= 0.6 is 0 Å². The standard InChI is InChI=1S/C12H19NO3S/c1-4-17(14,15)9(2)12(13)10-5-7-11(16-3)8-6-10/h5-9,12H,4,13H2,1-3H3. The highest BCUT2D eigenvalue weighted by atomic mass is 32.2. The summed E-state index contributed by atoms with van der Waals surface area (Å²) in [6.45, 7) is 3.28. The molecule has 2 N–H and O–H groups in total. The highest BCUT2D eigenvalue weighted by Crippen LogP contribution is 2.22. The van der Waals surface area contributed by atoms with Crippen molar-refractivity contribution in [3.05, 3.63) is 29.8 Å². The van der Waals surface area contributed by atoms with Crippen molar-refractivity contribution in [2.45, 2.75) is 25.1 Å². The van der Waals surface area contributed by atoms with E-state index in [0.29, 0.717) is 0 Å². The molecule has 0 aliphatic carbocycles. The normalized spacial score (nSPS) is 15.3. The van der Waals surface area contributed by atoms with Crippen molar-refractivity contribution in [1.82, 2.24) is 0 Å². The maximum Gasteiger partial charge on any atom is 0.154 e. The first-order valence-corrected chi connectivity index (χ1v) is 7.25. The van der Waals surface area contributed by atoms with Crippen molar-refractivity contribution in [1.29, 1.82) is 0 Å². The SMILES string of the molecule is CCS(=O)(=O)C(C)C(N)c1ccc(OC)cc1. The molecule has 0 saturated carbocycles. The van der Waals surface area contributed by atoms with Crippen LogP contribution in [0.3, 0.4) is 0 Å². The zero-order valence-corrected chi connectivity index (χ0v) is 11.2. The maximum absolute atomic E-state index is 11.7. The molecule has 0 heterocycles. The van der Waals surface area contributed by atoms with Crippen LogP contribution in [0.15, 0.2) is 24.3 Å². The molecular formula is C12H19NO3S. The van der Waals surface area contributed by atoms with Crippen LogP contribution in [0.25, 0.3) is 0 Å². The number of benzene rings is 1. The van der Waals surface area contributed by atoms with Gasteiger partial charge in [0.2, 0.25) is 0 Å². The van der Waals surface area contributed by atoms with Gasteiger partial charge in [-0.2, -0.15) is 0 Å². The predicted molar refractivity (Wildman–Crippen MR) is 68.8 cm³/mol. The first-order chi connectivity index (χ1) is 7.92. The van der Waals surface area contributed by atoms with Crippen LogP contribution in [-0.4, -0.2) is 26.5 Å². The summed E-state index contributed by atoms with van der Waals surface area (Å²) in [5.41, 5.74) is 6.77. The fraction of sp³-hybridized carbons (Fsp3) is 0.500. The summed E-state index contributed by atoms with van der Waals surface area (Å²) >= 11 is 0. The van der Waals surface area contributed by atoms with Gasteiger partial charge in [-0.25, -0.2) is 8.42 Å². The molecule has 4 nitrogen and oxygen atoms in total. The van der Waals surface area contributed by atoms with E-state index in [1.165, 1.54) is 0 Å². The molecule has 17 heavy (non-hydrogen) atoms. The summed E-state index contributed by atoms with van der Waals surface area (Å²) in [5, 5.41) is -0.583. The molecule has 96 valence electrons. The van der Waals surface area contributed by atoms with Gasteiger partial charge >= 0.3 is 0 Å². The summed E-state index contributed by atoms with van der Waals surface area (Å²) in [7, 11) is -1.54. The summed E-state index contributed by atoms with van der Waals surface area (Å²) in [4.78, 5) is 0. The van der Waals surface area contributed by atoms with Crippen LogP contribution < -0.4 is 10.5 Å². The predicted octanol–water partition coefficient (Wildman–Crippen LogP) is 1.52. The molecule has 0 aliphatic rings. The Bertz CT molecular complexity index is 453. The number of ether oxygens (including phenoxy) is 1. The third-order valence-corrected chi connectivity index (χ3v) is 5.21. The van der Waals surface area contributed by atoms with Crippen molar-refractivity contribution in [2.24, 2.45) is 5.73 Å². The Balaban J connectivity index is 2.92. The molecule has 1 aromatic carbocycles. The Morgan fingerprint density at radius 3 is 2.24 bits per heavy atom. The van der Waals surface area contributed by atoms with Gasteiger partial charge in [0.25, 0.3) is 0 Å². The minimum Gasteiger partial charge on any atom is -0.497 e. The summed E-state index contributed by atoms with van der Waals surface area (Å²) in [5.74, 6) is 0.838. The lowest BCUT2D eigenvalue weighted by atomic mass is 10.1. The number of sulfone groups is 1. The number of nitrogens with two attached hydrogens (primary N) is 1. The van der Waals surface area contributed by atoms with Gasteiger partial charge < -0.3 is 10.5 Å². The minimum absolute atomic E-state index is 0.109. The summed E-state index contributed by atoms with van der Waals surface area (Å²) in [6, 6.07) is 6.64. The number of rotatable bonds is 5. The fourth-order valence-electron chi connectivity index (χ4n) is 1.58. The van der Waals surface area contributed by atoms with Crippen LogP contribution in [0.2, 0.25) is 0 Å². The largest absolute Gasteiger partial charge is 0.497 e. The molecule has 1 aromatic rings. The van der Waals surface area contributed by atoms with Crippen LogP contribution in [-0.2, 0) is 9.84 Å². The molecule has 1 rings (SSSR count). The van der Waals surface area contributed by atoms with Gasteiger partial charge in [0.05, 0.1) is 12.4 Å². The van der Waals surface area contributed by atoms with E-state index in [1.54, 1.807) is 45.2 Å². The second kappa shape index (κ2) is 5.51. The first-order valence-electron chi connectivity index (χ1n) is 5.53. The topological polar surface area (TPSA) is 69.4 Å². The van der Waals surface area contributed by atoms with Gasteiger partial charge in [-0.1, -0.05) is 19.1 Å². The van der Waals surface area contributed by atoms with E-state index in [9.17, 15) is 8.42 Å². The van der Waals surface area contributed by atoms with E-state index in [1.807, 2.05) is 0 Å². The molecule has 0 saturated heterocycles. The number of hydrogen-bond acceptors (Lipinski definition) is 4. The monoisotopic (exact) mass is 257 g/mol. The minimum atomic E-state index is -3.12. The Morgan fingerprint density at radius 1 is 1.29 bits per heavy atom. The lowest BCUT2D eigenvalue weighted by Crippen LogP contribution is -2.32. The van der Waals surface area contributed by atoms with Gasteiger partial charge in [-0.15, -0.1) is 0 Å². The second-order valence-electron chi connectivity index (χ2n) is 3.96. The summed E-state index contributed by atoms with van der Waals surface area (Å²) < 4.78 is 28.5. The van der Waals surface area contributed by atoms with Crippen molar-refractivity contribution < 1.29 is 13.2 Å². The number of hydrogen-bond donors (Lipinski definition) is 1. The Hall–Kier alpha value is -1.07. The highest BCUT2D eigenvalue weighted by molar-refractivity contribution is 7.92. The third kappa shape index (κ3) is 3.20. The zero-order chi connectivity index (χ0) is 13.1. The molecule has 0 bridgehead atoms. The van der Waals surface area contributed by atoms with Gasteiger partial charge in [-0.3, -0.25) is 0 Å². The van der Waals surface area contributed by atoms with Crippen molar-refractivity contribution >= 4 is 9.84 Å². The molecule has 2 unspecified atom stereocenters. The maximum atomic E-state index is 11.7. The quantitative estimate of drug-likeness (QED) is 0.868. The molecule has 0 fully saturated rings. The van der Waals surface area contributed by atoms with Crippen LogP contribution in [0.4, 0.5) is 0 Å².